The summed E-state index contributed by atoms with van der Waals surface area (Å²) in [6.07, 6.45) is 5.09. The molecule has 1 heterocycles. The lowest BCUT2D eigenvalue weighted by Gasteiger charge is -2.21. The monoisotopic (exact) mass is 287 g/mol. The van der Waals surface area contributed by atoms with Gasteiger partial charge in [-0.15, -0.1) is 11.3 Å². The van der Waals surface area contributed by atoms with Crippen LogP contribution in [-0.4, -0.2) is 4.98 Å². The van der Waals surface area contributed by atoms with Crippen LogP contribution in [0.15, 0.2) is 24.8 Å². The zero-order chi connectivity index (χ0) is 14.8. The third-order valence-corrected chi connectivity index (χ3v) is 5.25. The summed E-state index contributed by atoms with van der Waals surface area (Å²) in [4.78, 5) is 4.85. The first-order valence-corrected chi connectivity index (χ1v) is 8.32. The Labute approximate surface area is 126 Å². The first-order chi connectivity index (χ1) is 9.44. The fourth-order valence-electron chi connectivity index (χ4n) is 2.40. The highest BCUT2D eigenvalue weighted by molar-refractivity contribution is 7.18. The van der Waals surface area contributed by atoms with Crippen molar-refractivity contribution in [1.29, 1.82) is 0 Å². The largest absolute Gasteiger partial charge is 0.241 e. The topological polar surface area (TPSA) is 12.9 Å². The summed E-state index contributed by atoms with van der Waals surface area (Å²) in [5.74, 6) is 0. The maximum Gasteiger partial charge on any atom is 0.0994 e. The lowest BCUT2D eigenvalue weighted by Crippen LogP contribution is -2.16. The molecule has 1 aromatic heterocycles. The molecular weight excluding hydrogens is 262 g/mol. The number of allylic oxidation sites excluding steroid dienone is 1. The van der Waals surface area contributed by atoms with Crippen LogP contribution in [-0.2, 0) is 5.41 Å². The van der Waals surface area contributed by atoms with Crippen molar-refractivity contribution in [3.8, 4) is 0 Å². The molecular formula is C18H25NS. The van der Waals surface area contributed by atoms with Crippen molar-refractivity contribution >= 4 is 27.1 Å². The quantitative estimate of drug-likeness (QED) is 0.577. The van der Waals surface area contributed by atoms with E-state index in [0.29, 0.717) is 0 Å². The van der Waals surface area contributed by atoms with Crippen LogP contribution in [0.1, 0.15) is 63.9 Å². The number of unbranched alkanes of at least 4 members (excludes halogenated alkanes) is 2. The Morgan fingerprint density at radius 3 is 2.70 bits per heavy atom. The normalized spacial score (nSPS) is 12.0. The molecule has 0 fully saturated rings. The predicted molar refractivity (Wildman–Crippen MR) is 91.5 cm³/mol. The van der Waals surface area contributed by atoms with Crippen molar-refractivity contribution < 1.29 is 0 Å². The Bertz CT molecular complexity index is 607. The van der Waals surface area contributed by atoms with Gasteiger partial charge in [-0.05, 0) is 31.0 Å². The lowest BCUT2D eigenvalue weighted by atomic mass is 9.88. The van der Waals surface area contributed by atoms with Crippen molar-refractivity contribution in [3.63, 3.8) is 0 Å². The highest BCUT2D eigenvalue weighted by Crippen LogP contribution is 2.35. The number of rotatable bonds is 6. The van der Waals surface area contributed by atoms with Gasteiger partial charge in [-0.2, -0.15) is 0 Å². The van der Waals surface area contributed by atoms with E-state index < -0.39 is 0 Å². The van der Waals surface area contributed by atoms with Gasteiger partial charge in [0, 0.05) is 5.41 Å². The Morgan fingerprint density at radius 2 is 2.05 bits per heavy atom. The van der Waals surface area contributed by atoms with Gasteiger partial charge >= 0.3 is 0 Å². The first-order valence-electron chi connectivity index (χ1n) is 7.51. The molecule has 0 aliphatic rings. The van der Waals surface area contributed by atoms with Gasteiger partial charge in [-0.25, -0.2) is 4.98 Å². The first kappa shape index (κ1) is 15.2. The number of hydrogen-bond acceptors (Lipinski definition) is 2. The molecule has 0 N–H and O–H groups in total. The third kappa shape index (κ3) is 3.29. The fourth-order valence-corrected chi connectivity index (χ4v) is 3.54. The summed E-state index contributed by atoms with van der Waals surface area (Å²) in [5, 5.41) is 1.27. The molecule has 0 bridgehead atoms. The Balaban J connectivity index is 2.28. The molecule has 1 nitrogen and oxygen atoms in total. The smallest absolute Gasteiger partial charge is 0.0994 e. The maximum absolute atomic E-state index is 4.85. The molecule has 2 heteroatoms. The molecule has 0 aliphatic carbocycles. The molecule has 1 aromatic carbocycles. The summed E-state index contributed by atoms with van der Waals surface area (Å²) >= 11 is 1.84. The number of nitrogens with zero attached hydrogens (tertiary/aromatic N) is 1. The van der Waals surface area contributed by atoms with E-state index in [-0.39, 0.29) is 5.41 Å². The minimum Gasteiger partial charge on any atom is -0.241 e. The van der Waals surface area contributed by atoms with Crippen molar-refractivity contribution in [2.75, 3.05) is 0 Å². The van der Waals surface area contributed by atoms with Gasteiger partial charge in [0.05, 0.1) is 15.2 Å². The van der Waals surface area contributed by atoms with Gasteiger partial charge in [0.25, 0.3) is 0 Å². The highest BCUT2D eigenvalue weighted by atomic mass is 32.1. The zero-order valence-electron chi connectivity index (χ0n) is 13.1. The SMILES string of the molecule is C=C(C)c1ccc2nc(C(C)(C)CCCCC)sc2c1. The van der Waals surface area contributed by atoms with Crippen LogP contribution in [0.3, 0.4) is 0 Å². The second-order valence-corrected chi connectivity index (χ2v) is 7.35. The minimum absolute atomic E-state index is 0.183. The van der Waals surface area contributed by atoms with E-state index in [1.54, 1.807) is 0 Å². The summed E-state index contributed by atoms with van der Waals surface area (Å²) in [7, 11) is 0. The molecule has 0 atom stereocenters. The van der Waals surface area contributed by atoms with Crippen molar-refractivity contribution in [3.05, 3.63) is 35.3 Å². The molecule has 2 aromatic rings. The Kier molecular flexibility index (Phi) is 4.64. The number of fused-ring (bicyclic) bond motifs is 1. The second kappa shape index (κ2) is 6.09. The number of thiazole rings is 1. The van der Waals surface area contributed by atoms with E-state index in [9.17, 15) is 0 Å². The van der Waals surface area contributed by atoms with E-state index in [2.05, 4.69) is 52.5 Å². The molecule has 0 radical (unpaired) electrons. The molecule has 20 heavy (non-hydrogen) atoms. The molecule has 0 amide bonds. The van der Waals surface area contributed by atoms with Crippen molar-refractivity contribution in [2.24, 2.45) is 0 Å². The van der Waals surface area contributed by atoms with E-state index in [1.165, 1.54) is 41.0 Å². The lowest BCUT2D eigenvalue weighted by molar-refractivity contribution is 0.449. The van der Waals surface area contributed by atoms with Crippen LogP contribution >= 0.6 is 11.3 Å². The van der Waals surface area contributed by atoms with E-state index in [1.807, 2.05) is 11.3 Å². The molecule has 108 valence electrons. The van der Waals surface area contributed by atoms with Gasteiger partial charge in [0.15, 0.2) is 0 Å². The minimum atomic E-state index is 0.183. The van der Waals surface area contributed by atoms with E-state index in [0.717, 1.165) is 11.1 Å². The van der Waals surface area contributed by atoms with Crippen molar-refractivity contribution in [2.45, 2.75) is 58.8 Å². The van der Waals surface area contributed by atoms with Gasteiger partial charge in [0.1, 0.15) is 0 Å². The average Bonchev–Trinajstić information content (AvgIpc) is 2.82. The number of aromatic nitrogens is 1. The standard InChI is InChI=1S/C18H25NS/c1-6-7-8-11-18(4,5)17-19-15-10-9-14(13(2)3)12-16(15)20-17/h9-10,12H,2,6-8,11H2,1,3-5H3. The van der Waals surface area contributed by atoms with Crippen molar-refractivity contribution in [1.82, 2.24) is 4.98 Å². The van der Waals surface area contributed by atoms with Gasteiger partial charge < -0.3 is 0 Å². The molecule has 0 saturated heterocycles. The fraction of sp³-hybridized carbons (Fsp3) is 0.500. The van der Waals surface area contributed by atoms with Crippen LogP contribution in [0, 0.1) is 0 Å². The second-order valence-electron chi connectivity index (χ2n) is 6.32. The van der Waals surface area contributed by atoms with Crippen LogP contribution in [0.2, 0.25) is 0 Å². The zero-order valence-corrected chi connectivity index (χ0v) is 13.9. The predicted octanol–water partition coefficient (Wildman–Crippen LogP) is 6.19. The van der Waals surface area contributed by atoms with Crippen LogP contribution in [0.25, 0.3) is 15.8 Å². The van der Waals surface area contributed by atoms with Crippen LogP contribution in [0.5, 0.6) is 0 Å². The van der Waals surface area contributed by atoms with Crippen LogP contribution in [0.4, 0.5) is 0 Å². The van der Waals surface area contributed by atoms with Gasteiger partial charge in [0.2, 0.25) is 0 Å². The number of benzene rings is 1. The summed E-state index contributed by atoms with van der Waals surface area (Å²) < 4.78 is 1.28. The summed E-state index contributed by atoms with van der Waals surface area (Å²) in [5.41, 5.74) is 3.64. The molecule has 0 unspecified atom stereocenters. The highest BCUT2D eigenvalue weighted by Gasteiger charge is 2.24. The number of hydrogen-bond donors (Lipinski definition) is 0. The molecule has 0 aliphatic heterocycles. The average molecular weight is 287 g/mol. The molecule has 2 rings (SSSR count). The Morgan fingerprint density at radius 1 is 1.30 bits per heavy atom. The maximum atomic E-state index is 4.85. The molecule has 0 saturated carbocycles. The van der Waals surface area contributed by atoms with Crippen LogP contribution < -0.4 is 0 Å². The molecule has 0 spiro atoms. The van der Waals surface area contributed by atoms with E-state index >= 15 is 0 Å². The Hall–Kier alpha value is -1.15. The van der Waals surface area contributed by atoms with E-state index in [4.69, 9.17) is 4.98 Å². The third-order valence-electron chi connectivity index (χ3n) is 3.87. The van der Waals surface area contributed by atoms with Gasteiger partial charge in [-0.1, -0.05) is 58.3 Å². The summed E-state index contributed by atoms with van der Waals surface area (Å²) in [6, 6.07) is 6.47. The van der Waals surface area contributed by atoms with Gasteiger partial charge in [-0.3, -0.25) is 0 Å². The summed E-state index contributed by atoms with van der Waals surface area (Å²) in [6.45, 7) is 13.0.